The van der Waals surface area contributed by atoms with Crippen LogP contribution in [0.25, 0.3) is 0 Å². The lowest BCUT2D eigenvalue weighted by atomic mass is 10.1. The fraction of sp³-hybridized carbons (Fsp3) is 0.500. The molecule has 1 aromatic rings. The zero-order valence-corrected chi connectivity index (χ0v) is 14.6. The van der Waals surface area contributed by atoms with E-state index in [4.69, 9.17) is 13.8 Å². The minimum absolute atomic E-state index is 0.0220. The quantitative estimate of drug-likeness (QED) is 0.361. The summed E-state index contributed by atoms with van der Waals surface area (Å²) in [6, 6.07) is 8.63. The number of ether oxygens (including phenoxy) is 1. The Bertz CT molecular complexity index is 705. The van der Waals surface area contributed by atoms with Gasteiger partial charge in [-0.1, -0.05) is 30.3 Å². The molecule has 1 saturated heterocycles. The van der Waals surface area contributed by atoms with Crippen molar-refractivity contribution in [3.63, 3.8) is 0 Å². The molecule has 0 radical (unpaired) electrons. The lowest BCUT2D eigenvalue weighted by Gasteiger charge is -2.23. The van der Waals surface area contributed by atoms with Crippen molar-refractivity contribution in [2.45, 2.75) is 18.8 Å². The first kappa shape index (κ1) is 19.7. The van der Waals surface area contributed by atoms with Crippen molar-refractivity contribution in [1.29, 1.82) is 0 Å². The molecule has 0 saturated carbocycles. The summed E-state index contributed by atoms with van der Waals surface area (Å²) in [7, 11) is -3.77. The SMILES string of the molecule is CS(=O)(=O)O[C@H]1CN(OCc2ccccc2)[C@H](COCCF)C1=C=O. The second kappa shape index (κ2) is 9.19. The number of hydrogen-bond acceptors (Lipinski definition) is 7. The van der Waals surface area contributed by atoms with E-state index in [-0.39, 0.29) is 31.9 Å². The van der Waals surface area contributed by atoms with Crippen molar-refractivity contribution in [2.24, 2.45) is 0 Å². The molecule has 1 aliphatic heterocycles. The van der Waals surface area contributed by atoms with Crippen LogP contribution >= 0.6 is 0 Å². The monoisotopic (exact) mass is 373 g/mol. The van der Waals surface area contributed by atoms with Gasteiger partial charge < -0.3 is 4.74 Å². The van der Waals surface area contributed by atoms with Crippen LogP contribution in [0, 0.1) is 0 Å². The van der Waals surface area contributed by atoms with E-state index in [1.54, 1.807) is 5.94 Å². The van der Waals surface area contributed by atoms with Gasteiger partial charge in [0.2, 0.25) is 0 Å². The molecular weight excluding hydrogens is 353 g/mol. The number of alkyl halides is 1. The number of hydroxylamine groups is 2. The van der Waals surface area contributed by atoms with E-state index >= 15 is 0 Å². The fourth-order valence-corrected chi connectivity index (χ4v) is 3.07. The highest BCUT2D eigenvalue weighted by atomic mass is 32.2. The van der Waals surface area contributed by atoms with Crippen molar-refractivity contribution >= 4 is 16.1 Å². The summed E-state index contributed by atoms with van der Waals surface area (Å²) in [6.45, 7) is -0.590. The van der Waals surface area contributed by atoms with Gasteiger partial charge in [-0.05, 0) is 5.56 Å². The zero-order valence-electron chi connectivity index (χ0n) is 13.8. The minimum Gasteiger partial charge on any atom is -0.377 e. The first-order valence-electron chi connectivity index (χ1n) is 7.65. The topological polar surface area (TPSA) is 82.1 Å². The maximum atomic E-state index is 12.3. The summed E-state index contributed by atoms with van der Waals surface area (Å²) in [6.07, 6.45) is -0.111. The van der Waals surface area contributed by atoms with Crippen LogP contribution in [-0.2, 0) is 35.3 Å². The van der Waals surface area contributed by atoms with Crippen LogP contribution in [0.4, 0.5) is 4.39 Å². The van der Waals surface area contributed by atoms with Crippen molar-refractivity contribution in [3.05, 3.63) is 41.5 Å². The molecule has 7 nitrogen and oxygen atoms in total. The van der Waals surface area contributed by atoms with Gasteiger partial charge in [0, 0.05) is 0 Å². The number of nitrogens with zero attached hydrogens (tertiary/aromatic N) is 1. The molecule has 0 amide bonds. The predicted molar refractivity (Wildman–Crippen MR) is 87.4 cm³/mol. The van der Waals surface area contributed by atoms with E-state index in [1.165, 1.54) is 5.06 Å². The molecule has 1 aliphatic rings. The van der Waals surface area contributed by atoms with Gasteiger partial charge in [0.1, 0.15) is 18.7 Å². The second-order valence-electron chi connectivity index (χ2n) is 5.48. The summed E-state index contributed by atoms with van der Waals surface area (Å²) in [5, 5.41) is 1.42. The van der Waals surface area contributed by atoms with Crippen LogP contribution in [0.15, 0.2) is 35.9 Å². The molecule has 0 bridgehead atoms. The molecule has 2 atom stereocenters. The molecular formula is C16H20FNO6S. The summed E-state index contributed by atoms with van der Waals surface area (Å²) in [4.78, 5) is 17.0. The van der Waals surface area contributed by atoms with Gasteiger partial charge in [-0.3, -0.25) is 9.02 Å². The first-order chi connectivity index (χ1) is 11.9. The Morgan fingerprint density at radius 1 is 1.32 bits per heavy atom. The Balaban J connectivity index is 2.11. The lowest BCUT2D eigenvalue weighted by Crippen LogP contribution is -2.34. The van der Waals surface area contributed by atoms with Crippen LogP contribution in [0.2, 0.25) is 0 Å². The maximum absolute atomic E-state index is 12.3. The maximum Gasteiger partial charge on any atom is 0.265 e. The molecule has 0 aliphatic carbocycles. The number of benzene rings is 1. The van der Waals surface area contributed by atoms with Crippen LogP contribution in [0.3, 0.4) is 0 Å². The predicted octanol–water partition coefficient (Wildman–Crippen LogP) is 0.891. The Morgan fingerprint density at radius 3 is 2.64 bits per heavy atom. The average Bonchev–Trinajstić information content (AvgIpc) is 2.89. The summed E-state index contributed by atoms with van der Waals surface area (Å²) in [5.74, 6) is 1.72. The van der Waals surface area contributed by atoms with E-state index in [2.05, 4.69) is 0 Å². The molecule has 2 rings (SSSR count). The van der Waals surface area contributed by atoms with Gasteiger partial charge in [0.25, 0.3) is 10.1 Å². The molecule has 0 aromatic heterocycles. The Kier molecular flexibility index (Phi) is 7.24. The van der Waals surface area contributed by atoms with Crippen molar-refractivity contribution in [2.75, 3.05) is 32.7 Å². The fourth-order valence-electron chi connectivity index (χ4n) is 2.48. The third-order valence-corrected chi connectivity index (χ3v) is 4.13. The van der Waals surface area contributed by atoms with Gasteiger partial charge in [0.05, 0.1) is 44.2 Å². The molecule has 0 spiro atoms. The third-order valence-electron chi connectivity index (χ3n) is 3.55. The number of hydrogen-bond donors (Lipinski definition) is 0. The molecule has 1 heterocycles. The Labute approximate surface area is 146 Å². The van der Waals surface area contributed by atoms with Crippen LogP contribution in [-0.4, -0.2) is 64.3 Å². The number of carbonyl (C=O) groups excluding carboxylic acids is 1. The standard InChI is InChI=1S/C16H20FNO6S/c1-25(20,21)24-16-9-18(23-11-13-5-3-2-4-6-13)15(14(16)10-19)12-22-8-7-17/h2-6,15-16H,7-9,11-12H2,1H3/t15-,16+/m1/s1. The smallest absolute Gasteiger partial charge is 0.265 e. The van der Waals surface area contributed by atoms with Gasteiger partial charge >= 0.3 is 0 Å². The highest BCUT2D eigenvalue weighted by Crippen LogP contribution is 2.27. The molecule has 0 N–H and O–H groups in total. The van der Waals surface area contributed by atoms with Crippen molar-refractivity contribution in [1.82, 2.24) is 5.06 Å². The highest BCUT2D eigenvalue weighted by molar-refractivity contribution is 7.86. The van der Waals surface area contributed by atoms with Gasteiger partial charge in [-0.2, -0.15) is 13.5 Å². The molecule has 25 heavy (non-hydrogen) atoms. The normalized spacial score (nSPS) is 21.4. The summed E-state index contributed by atoms with van der Waals surface area (Å²) >= 11 is 0. The van der Waals surface area contributed by atoms with E-state index in [1.807, 2.05) is 30.3 Å². The summed E-state index contributed by atoms with van der Waals surface area (Å²) < 4.78 is 45.1. The Morgan fingerprint density at radius 2 is 2.04 bits per heavy atom. The van der Waals surface area contributed by atoms with Crippen molar-refractivity contribution < 1.29 is 31.4 Å². The molecule has 9 heteroatoms. The van der Waals surface area contributed by atoms with Gasteiger partial charge in [-0.25, -0.2) is 9.18 Å². The van der Waals surface area contributed by atoms with Crippen LogP contribution < -0.4 is 0 Å². The van der Waals surface area contributed by atoms with Crippen LogP contribution in [0.1, 0.15) is 5.56 Å². The van der Waals surface area contributed by atoms with E-state index in [0.717, 1.165) is 11.8 Å². The van der Waals surface area contributed by atoms with Crippen molar-refractivity contribution in [3.8, 4) is 0 Å². The first-order valence-corrected chi connectivity index (χ1v) is 9.46. The number of rotatable bonds is 9. The minimum atomic E-state index is -3.77. The molecule has 0 unspecified atom stereocenters. The molecule has 1 fully saturated rings. The van der Waals surface area contributed by atoms with E-state index in [0.29, 0.717) is 0 Å². The molecule has 138 valence electrons. The average molecular weight is 373 g/mol. The highest BCUT2D eigenvalue weighted by Gasteiger charge is 2.41. The molecule has 1 aromatic carbocycles. The third kappa shape index (κ3) is 6.00. The van der Waals surface area contributed by atoms with Gasteiger partial charge in [-0.15, -0.1) is 0 Å². The summed E-state index contributed by atoms with van der Waals surface area (Å²) in [5.41, 5.74) is 0.965. The van der Waals surface area contributed by atoms with E-state index in [9.17, 15) is 17.6 Å². The second-order valence-corrected chi connectivity index (χ2v) is 7.09. The number of halogens is 1. The van der Waals surface area contributed by atoms with E-state index < -0.39 is 28.9 Å². The van der Waals surface area contributed by atoms with Crippen LogP contribution in [0.5, 0.6) is 0 Å². The Hall–Kier alpha value is -1.61. The largest absolute Gasteiger partial charge is 0.377 e. The van der Waals surface area contributed by atoms with Gasteiger partial charge in [0.15, 0.2) is 0 Å². The zero-order chi connectivity index (χ0) is 18.3. The lowest BCUT2D eigenvalue weighted by molar-refractivity contribution is -0.187.